The first-order chi connectivity index (χ1) is 6.81. The molecule has 15 heavy (non-hydrogen) atoms. The first-order valence-corrected chi connectivity index (χ1v) is 4.52. The maximum absolute atomic E-state index is 11.6. The Morgan fingerprint density at radius 2 is 2.07 bits per heavy atom. The van der Waals surface area contributed by atoms with E-state index in [4.69, 9.17) is 5.73 Å². The van der Waals surface area contributed by atoms with Gasteiger partial charge in [-0.1, -0.05) is 0 Å². The molecule has 0 saturated carbocycles. The molecule has 4 nitrogen and oxygen atoms in total. The predicted molar refractivity (Wildman–Crippen MR) is 51.6 cm³/mol. The van der Waals surface area contributed by atoms with E-state index in [1.54, 1.807) is 0 Å². The second-order valence-electron chi connectivity index (χ2n) is 3.23. The van der Waals surface area contributed by atoms with E-state index in [9.17, 15) is 13.2 Å². The molecule has 0 bridgehead atoms. The Hall–Kier alpha value is -0.980. The maximum atomic E-state index is 11.6. The molecule has 90 valence electrons. The normalized spacial score (nSPS) is 13.3. The molecule has 0 aliphatic rings. The van der Waals surface area contributed by atoms with Crippen molar-refractivity contribution in [1.29, 1.82) is 0 Å². The number of nitrogens with two attached hydrogens (primary N) is 1. The third kappa shape index (κ3) is 10.9. The van der Waals surface area contributed by atoms with Gasteiger partial charge in [0.15, 0.2) is 5.96 Å². The molecule has 0 aliphatic heterocycles. The van der Waals surface area contributed by atoms with E-state index in [0.717, 1.165) is 0 Å². The summed E-state index contributed by atoms with van der Waals surface area (Å²) < 4.78 is 39.2. The van der Waals surface area contributed by atoms with E-state index in [2.05, 4.69) is 15.0 Å². The van der Waals surface area contributed by atoms with Crippen LogP contribution < -0.4 is 11.1 Å². The van der Waals surface area contributed by atoms with E-state index >= 15 is 0 Å². The van der Waals surface area contributed by atoms with Crippen molar-refractivity contribution in [1.82, 2.24) is 5.32 Å². The monoisotopic (exact) mass is 227 g/mol. The van der Waals surface area contributed by atoms with Crippen molar-refractivity contribution >= 4 is 5.96 Å². The minimum atomic E-state index is -4.29. The van der Waals surface area contributed by atoms with Gasteiger partial charge in [-0.15, -0.1) is 0 Å². The van der Waals surface area contributed by atoms with Gasteiger partial charge >= 0.3 is 6.18 Å². The molecule has 0 rings (SSSR count). The van der Waals surface area contributed by atoms with Crippen LogP contribution in [0, 0.1) is 0 Å². The van der Waals surface area contributed by atoms with Crippen molar-refractivity contribution in [2.45, 2.75) is 26.1 Å². The lowest BCUT2D eigenvalue weighted by molar-refractivity contribution is -0.173. The number of guanidine groups is 1. The summed E-state index contributed by atoms with van der Waals surface area (Å²) in [5.74, 6) is 0.209. The van der Waals surface area contributed by atoms with Crippen LogP contribution in [-0.2, 0) is 4.74 Å². The number of rotatable bonds is 5. The molecule has 0 radical (unpaired) electrons. The van der Waals surface area contributed by atoms with Crippen LogP contribution in [0.1, 0.15) is 13.8 Å². The van der Waals surface area contributed by atoms with Crippen LogP contribution in [0.2, 0.25) is 0 Å². The van der Waals surface area contributed by atoms with Gasteiger partial charge in [0.1, 0.15) is 6.61 Å². The summed E-state index contributed by atoms with van der Waals surface area (Å²) in [7, 11) is 0. The van der Waals surface area contributed by atoms with Crippen LogP contribution in [0.5, 0.6) is 0 Å². The standard InChI is InChI=1S/C8H16F3N3O/c1-6(2)14-7(12)13-3-4-15-5-8(9,10)11/h6H,3-5H2,1-2H3,(H3,12,13,14). The molecule has 0 aliphatic carbocycles. The van der Waals surface area contributed by atoms with Gasteiger partial charge in [0.25, 0.3) is 0 Å². The van der Waals surface area contributed by atoms with Gasteiger partial charge in [-0.05, 0) is 13.8 Å². The largest absolute Gasteiger partial charge is 0.411 e. The number of hydrogen-bond donors (Lipinski definition) is 2. The summed E-state index contributed by atoms with van der Waals surface area (Å²) in [5.41, 5.74) is 5.40. The lowest BCUT2D eigenvalue weighted by atomic mass is 10.4. The zero-order chi connectivity index (χ0) is 11.9. The molecular formula is C8H16F3N3O. The van der Waals surface area contributed by atoms with E-state index < -0.39 is 12.8 Å². The molecule has 0 heterocycles. The molecule has 0 unspecified atom stereocenters. The van der Waals surface area contributed by atoms with Crippen molar-refractivity contribution in [3.63, 3.8) is 0 Å². The van der Waals surface area contributed by atoms with Gasteiger partial charge in [-0.2, -0.15) is 13.2 Å². The van der Waals surface area contributed by atoms with Crippen LogP contribution in [0.3, 0.4) is 0 Å². The third-order valence-electron chi connectivity index (χ3n) is 1.22. The highest BCUT2D eigenvalue weighted by molar-refractivity contribution is 5.77. The fourth-order valence-electron chi connectivity index (χ4n) is 0.760. The lowest BCUT2D eigenvalue weighted by Gasteiger charge is -2.09. The fourth-order valence-corrected chi connectivity index (χ4v) is 0.760. The Morgan fingerprint density at radius 3 is 2.53 bits per heavy atom. The fraction of sp³-hybridized carbons (Fsp3) is 0.875. The maximum Gasteiger partial charge on any atom is 0.411 e. The van der Waals surface area contributed by atoms with Gasteiger partial charge in [0.2, 0.25) is 0 Å². The number of ether oxygens (including phenoxy) is 1. The van der Waals surface area contributed by atoms with Crippen LogP contribution in [0.4, 0.5) is 13.2 Å². The predicted octanol–water partition coefficient (Wildman–Crippen LogP) is 0.878. The van der Waals surface area contributed by atoms with Crippen LogP contribution >= 0.6 is 0 Å². The molecule has 0 atom stereocenters. The molecule has 0 aromatic rings. The van der Waals surface area contributed by atoms with Crippen LogP contribution in [0.25, 0.3) is 0 Å². The Kier molecular flexibility index (Phi) is 6.07. The zero-order valence-electron chi connectivity index (χ0n) is 8.77. The second-order valence-corrected chi connectivity index (χ2v) is 3.23. The molecule has 0 saturated heterocycles. The van der Waals surface area contributed by atoms with Crippen molar-refractivity contribution in [3.05, 3.63) is 0 Å². The van der Waals surface area contributed by atoms with Crippen molar-refractivity contribution < 1.29 is 17.9 Å². The SMILES string of the molecule is CC(C)NC(N)=NCCOCC(F)(F)F. The molecule has 0 aromatic carbocycles. The van der Waals surface area contributed by atoms with Crippen LogP contribution in [0.15, 0.2) is 4.99 Å². The average molecular weight is 227 g/mol. The first kappa shape index (κ1) is 14.0. The molecule has 7 heteroatoms. The van der Waals surface area contributed by atoms with E-state index in [-0.39, 0.29) is 25.2 Å². The lowest BCUT2D eigenvalue weighted by Crippen LogP contribution is -2.37. The second kappa shape index (κ2) is 6.49. The highest BCUT2D eigenvalue weighted by Crippen LogP contribution is 2.13. The Bertz CT molecular complexity index is 204. The Balaban J connectivity index is 3.53. The van der Waals surface area contributed by atoms with Gasteiger partial charge in [-0.25, -0.2) is 0 Å². The van der Waals surface area contributed by atoms with Crippen LogP contribution in [-0.4, -0.2) is 37.9 Å². The number of alkyl halides is 3. The summed E-state index contributed by atoms with van der Waals surface area (Å²) in [4.78, 5) is 3.77. The van der Waals surface area contributed by atoms with Gasteiger partial charge < -0.3 is 15.8 Å². The average Bonchev–Trinajstić information content (AvgIpc) is 1.99. The number of aliphatic imine (C=N–C) groups is 1. The molecule has 0 amide bonds. The first-order valence-electron chi connectivity index (χ1n) is 4.52. The quantitative estimate of drug-likeness (QED) is 0.416. The molecule has 0 fully saturated rings. The minimum absolute atomic E-state index is 0.0972. The minimum Gasteiger partial charge on any atom is -0.370 e. The van der Waals surface area contributed by atoms with E-state index in [0.29, 0.717) is 0 Å². The highest BCUT2D eigenvalue weighted by Gasteiger charge is 2.27. The Morgan fingerprint density at radius 1 is 1.47 bits per heavy atom. The van der Waals surface area contributed by atoms with Gasteiger partial charge in [0.05, 0.1) is 13.2 Å². The summed E-state index contributed by atoms with van der Waals surface area (Å²) in [6.07, 6.45) is -4.29. The number of hydrogen-bond acceptors (Lipinski definition) is 2. The number of halogens is 3. The molecule has 0 aromatic heterocycles. The zero-order valence-corrected chi connectivity index (χ0v) is 8.77. The molecule has 0 spiro atoms. The smallest absolute Gasteiger partial charge is 0.370 e. The van der Waals surface area contributed by atoms with Gasteiger partial charge in [-0.3, -0.25) is 4.99 Å². The molecular weight excluding hydrogens is 211 g/mol. The highest BCUT2D eigenvalue weighted by atomic mass is 19.4. The van der Waals surface area contributed by atoms with Crippen molar-refractivity contribution in [2.24, 2.45) is 10.7 Å². The summed E-state index contributed by atoms with van der Waals surface area (Å²) >= 11 is 0. The number of nitrogens with zero attached hydrogens (tertiary/aromatic N) is 1. The third-order valence-corrected chi connectivity index (χ3v) is 1.22. The Labute approximate surface area is 86.7 Å². The van der Waals surface area contributed by atoms with Gasteiger partial charge in [0, 0.05) is 6.04 Å². The number of nitrogens with one attached hydrogen (secondary N) is 1. The van der Waals surface area contributed by atoms with Crippen molar-refractivity contribution in [3.8, 4) is 0 Å². The summed E-state index contributed by atoms with van der Waals surface area (Å²) in [6, 6.07) is 0.143. The summed E-state index contributed by atoms with van der Waals surface area (Å²) in [5, 5.41) is 2.80. The van der Waals surface area contributed by atoms with E-state index in [1.807, 2.05) is 13.8 Å². The van der Waals surface area contributed by atoms with E-state index in [1.165, 1.54) is 0 Å². The summed E-state index contributed by atoms with van der Waals surface area (Å²) in [6.45, 7) is 2.52. The van der Waals surface area contributed by atoms with Crippen molar-refractivity contribution in [2.75, 3.05) is 19.8 Å². The molecule has 3 N–H and O–H groups in total. The topological polar surface area (TPSA) is 59.6 Å².